The van der Waals surface area contributed by atoms with Gasteiger partial charge in [0, 0.05) is 4.88 Å². The van der Waals surface area contributed by atoms with Gasteiger partial charge in [-0.1, -0.05) is 13.3 Å². The average molecular weight is 207 g/mol. The van der Waals surface area contributed by atoms with E-state index in [1.807, 2.05) is 0 Å². The van der Waals surface area contributed by atoms with Gasteiger partial charge in [-0.3, -0.25) is 0 Å². The van der Waals surface area contributed by atoms with Crippen molar-refractivity contribution in [3.8, 4) is 0 Å². The van der Waals surface area contributed by atoms with Crippen LogP contribution in [0.3, 0.4) is 0 Å². The van der Waals surface area contributed by atoms with Gasteiger partial charge in [-0.2, -0.15) is 0 Å². The normalized spacial score (nSPS) is 11.0. The van der Waals surface area contributed by atoms with Crippen LogP contribution in [0.1, 0.15) is 23.8 Å². The molecule has 0 amide bonds. The SMILES string of the molecule is CCCc1c(C)sc2ncnc(N)c12. The number of anilines is 1. The fourth-order valence-corrected chi connectivity index (χ4v) is 2.72. The van der Waals surface area contributed by atoms with Gasteiger partial charge in [0.2, 0.25) is 0 Å². The van der Waals surface area contributed by atoms with Crippen LogP contribution in [0.15, 0.2) is 6.33 Å². The number of nitrogens with two attached hydrogens (primary N) is 1. The summed E-state index contributed by atoms with van der Waals surface area (Å²) < 4.78 is 0. The molecule has 2 heterocycles. The first-order valence-corrected chi connectivity index (χ1v) is 5.54. The Labute approximate surface area is 87.0 Å². The summed E-state index contributed by atoms with van der Waals surface area (Å²) in [7, 11) is 0. The topological polar surface area (TPSA) is 51.8 Å². The first-order chi connectivity index (χ1) is 6.74. The summed E-state index contributed by atoms with van der Waals surface area (Å²) in [4.78, 5) is 10.6. The number of aryl methyl sites for hydroxylation is 2. The van der Waals surface area contributed by atoms with Crippen LogP contribution in [0.25, 0.3) is 10.2 Å². The summed E-state index contributed by atoms with van der Waals surface area (Å²) in [5.41, 5.74) is 7.18. The van der Waals surface area contributed by atoms with Crippen molar-refractivity contribution >= 4 is 27.4 Å². The molecule has 0 aliphatic rings. The molecule has 4 heteroatoms. The average Bonchev–Trinajstić information content (AvgIpc) is 2.45. The van der Waals surface area contributed by atoms with Crippen molar-refractivity contribution < 1.29 is 0 Å². The summed E-state index contributed by atoms with van der Waals surface area (Å²) in [5, 5.41) is 1.07. The van der Waals surface area contributed by atoms with Crippen LogP contribution in [-0.4, -0.2) is 9.97 Å². The molecule has 0 fully saturated rings. The van der Waals surface area contributed by atoms with Crippen molar-refractivity contribution in [3.63, 3.8) is 0 Å². The highest BCUT2D eigenvalue weighted by molar-refractivity contribution is 7.18. The second-order valence-corrected chi connectivity index (χ2v) is 4.53. The maximum atomic E-state index is 5.86. The maximum Gasteiger partial charge on any atom is 0.135 e. The minimum absolute atomic E-state index is 0.614. The number of hydrogen-bond donors (Lipinski definition) is 1. The summed E-state index contributed by atoms with van der Waals surface area (Å²) in [6.45, 7) is 4.29. The van der Waals surface area contributed by atoms with E-state index in [9.17, 15) is 0 Å². The smallest absolute Gasteiger partial charge is 0.135 e. The summed E-state index contributed by atoms with van der Waals surface area (Å²) in [5.74, 6) is 0.614. The van der Waals surface area contributed by atoms with Gasteiger partial charge in [0.05, 0.1) is 5.39 Å². The van der Waals surface area contributed by atoms with Crippen molar-refractivity contribution in [2.45, 2.75) is 26.7 Å². The first-order valence-electron chi connectivity index (χ1n) is 4.72. The Morgan fingerprint density at radius 2 is 2.21 bits per heavy atom. The second kappa shape index (κ2) is 3.53. The maximum absolute atomic E-state index is 5.86. The molecule has 2 aromatic heterocycles. The Morgan fingerprint density at radius 1 is 1.43 bits per heavy atom. The highest BCUT2D eigenvalue weighted by Crippen LogP contribution is 2.32. The minimum Gasteiger partial charge on any atom is -0.383 e. The van der Waals surface area contributed by atoms with Gasteiger partial charge >= 0.3 is 0 Å². The molecule has 0 saturated heterocycles. The van der Waals surface area contributed by atoms with Gasteiger partial charge in [0.15, 0.2) is 0 Å². The molecule has 0 aliphatic heterocycles. The molecule has 2 rings (SSSR count). The third-order valence-electron chi connectivity index (χ3n) is 2.32. The Morgan fingerprint density at radius 3 is 2.93 bits per heavy atom. The lowest BCUT2D eigenvalue weighted by molar-refractivity contribution is 0.926. The Kier molecular flexibility index (Phi) is 2.37. The molecular formula is C10H13N3S. The Hall–Kier alpha value is -1.16. The molecule has 2 aromatic rings. The zero-order chi connectivity index (χ0) is 10.1. The third-order valence-corrected chi connectivity index (χ3v) is 3.37. The molecule has 3 nitrogen and oxygen atoms in total. The summed E-state index contributed by atoms with van der Waals surface area (Å²) in [6, 6.07) is 0. The highest BCUT2D eigenvalue weighted by Gasteiger charge is 2.11. The molecule has 0 bridgehead atoms. The lowest BCUT2D eigenvalue weighted by Crippen LogP contribution is -1.93. The van der Waals surface area contributed by atoms with Gasteiger partial charge in [-0.15, -0.1) is 11.3 Å². The van der Waals surface area contributed by atoms with E-state index in [-0.39, 0.29) is 0 Å². The number of nitrogen functional groups attached to an aromatic ring is 1. The van der Waals surface area contributed by atoms with E-state index in [0.29, 0.717) is 5.82 Å². The number of aromatic nitrogens is 2. The number of fused-ring (bicyclic) bond motifs is 1. The monoisotopic (exact) mass is 207 g/mol. The molecule has 0 aliphatic carbocycles. The van der Waals surface area contributed by atoms with Crippen LogP contribution in [-0.2, 0) is 6.42 Å². The van der Waals surface area contributed by atoms with E-state index in [4.69, 9.17) is 5.73 Å². The zero-order valence-electron chi connectivity index (χ0n) is 8.37. The first kappa shape index (κ1) is 9.40. The van der Waals surface area contributed by atoms with E-state index in [2.05, 4.69) is 23.8 Å². The molecule has 2 N–H and O–H groups in total. The highest BCUT2D eigenvalue weighted by atomic mass is 32.1. The number of hydrogen-bond acceptors (Lipinski definition) is 4. The van der Waals surface area contributed by atoms with E-state index >= 15 is 0 Å². The van der Waals surface area contributed by atoms with Gasteiger partial charge in [0.1, 0.15) is 17.0 Å². The molecule has 0 atom stereocenters. The molecule has 0 unspecified atom stereocenters. The van der Waals surface area contributed by atoms with E-state index < -0.39 is 0 Å². The van der Waals surface area contributed by atoms with Gasteiger partial charge < -0.3 is 5.73 Å². The van der Waals surface area contributed by atoms with Crippen molar-refractivity contribution in [2.75, 3.05) is 5.73 Å². The van der Waals surface area contributed by atoms with Crippen molar-refractivity contribution in [1.29, 1.82) is 0 Å². The van der Waals surface area contributed by atoms with Crippen LogP contribution >= 0.6 is 11.3 Å². The van der Waals surface area contributed by atoms with Gasteiger partial charge in [0.25, 0.3) is 0 Å². The lowest BCUT2D eigenvalue weighted by Gasteiger charge is -1.99. The fourth-order valence-electron chi connectivity index (χ4n) is 1.68. The molecule has 0 saturated carbocycles. The quantitative estimate of drug-likeness (QED) is 0.823. The molecule has 0 aromatic carbocycles. The van der Waals surface area contributed by atoms with Crippen LogP contribution in [0, 0.1) is 6.92 Å². The lowest BCUT2D eigenvalue weighted by atomic mass is 10.1. The van der Waals surface area contributed by atoms with Gasteiger partial charge in [-0.25, -0.2) is 9.97 Å². The van der Waals surface area contributed by atoms with Gasteiger partial charge in [-0.05, 0) is 18.9 Å². The Bertz CT molecular complexity index is 462. The van der Waals surface area contributed by atoms with Crippen LogP contribution < -0.4 is 5.73 Å². The minimum atomic E-state index is 0.614. The predicted molar refractivity (Wildman–Crippen MR) is 60.6 cm³/mol. The van der Waals surface area contributed by atoms with E-state index in [1.165, 1.54) is 16.8 Å². The fraction of sp³-hybridized carbons (Fsp3) is 0.400. The van der Waals surface area contributed by atoms with E-state index in [0.717, 1.165) is 23.1 Å². The molecule has 0 radical (unpaired) electrons. The van der Waals surface area contributed by atoms with Crippen LogP contribution in [0.2, 0.25) is 0 Å². The number of thiophene rings is 1. The van der Waals surface area contributed by atoms with Crippen molar-refractivity contribution in [1.82, 2.24) is 9.97 Å². The summed E-state index contributed by atoms with van der Waals surface area (Å²) >= 11 is 1.70. The number of nitrogens with zero attached hydrogens (tertiary/aromatic N) is 2. The Balaban J connectivity index is 2.73. The van der Waals surface area contributed by atoms with Crippen molar-refractivity contribution in [3.05, 3.63) is 16.8 Å². The third kappa shape index (κ3) is 1.35. The molecule has 74 valence electrons. The molecule has 0 spiro atoms. The van der Waals surface area contributed by atoms with Crippen LogP contribution in [0.4, 0.5) is 5.82 Å². The molecular weight excluding hydrogens is 194 g/mol. The largest absolute Gasteiger partial charge is 0.383 e. The zero-order valence-corrected chi connectivity index (χ0v) is 9.19. The predicted octanol–water partition coefficient (Wildman–Crippen LogP) is 2.53. The second-order valence-electron chi connectivity index (χ2n) is 3.33. The molecule has 14 heavy (non-hydrogen) atoms. The van der Waals surface area contributed by atoms with E-state index in [1.54, 1.807) is 11.3 Å². The summed E-state index contributed by atoms with van der Waals surface area (Å²) in [6.07, 6.45) is 3.72. The standard InChI is InChI=1S/C10H13N3S/c1-3-4-7-6(2)14-10-8(7)9(11)12-5-13-10/h5H,3-4H2,1-2H3,(H2,11,12,13). The van der Waals surface area contributed by atoms with Crippen LogP contribution in [0.5, 0.6) is 0 Å². The number of rotatable bonds is 2. The van der Waals surface area contributed by atoms with Crippen molar-refractivity contribution in [2.24, 2.45) is 0 Å².